The van der Waals surface area contributed by atoms with Crippen LogP contribution in [0.1, 0.15) is 12.1 Å². The van der Waals surface area contributed by atoms with Crippen LogP contribution in [0, 0.1) is 17.2 Å². The molecule has 0 saturated heterocycles. The molecule has 0 aliphatic carbocycles. The average molecular weight is 340 g/mol. The molecule has 0 fully saturated rings. The summed E-state index contributed by atoms with van der Waals surface area (Å²) in [4.78, 5) is 0. The van der Waals surface area contributed by atoms with E-state index in [1.165, 1.54) is 0 Å². The number of nitrogens with zero attached hydrogens (tertiary/aromatic N) is 1. The van der Waals surface area contributed by atoms with E-state index in [0.717, 1.165) is 16.6 Å². The van der Waals surface area contributed by atoms with Crippen molar-refractivity contribution in [1.82, 2.24) is 0 Å². The van der Waals surface area contributed by atoms with Crippen LogP contribution in [0.5, 0.6) is 0 Å². The second-order valence-corrected chi connectivity index (χ2v) is 5.18. The van der Waals surface area contributed by atoms with Crippen LogP contribution in [-0.4, -0.2) is 6.18 Å². The zero-order chi connectivity index (χ0) is 17.0. The standard InChI is InChI=1S/C13H13F3N.ClHO4/c1-10-6-7-11-4-2-3-5-12(11)17(10)9-8-13(14,15)16;2-1(3,4)5/h2-7H,8-9H2,1H3;(H,2,3,4,5)/q+1;/p-1. The molecule has 2 aromatic rings. The van der Waals surface area contributed by atoms with Gasteiger partial charge in [-0.2, -0.15) is 17.7 Å². The maximum absolute atomic E-state index is 12.3. The summed E-state index contributed by atoms with van der Waals surface area (Å²) in [6, 6.07) is 11.2. The van der Waals surface area contributed by atoms with Crippen molar-refractivity contribution in [2.45, 2.75) is 26.1 Å². The first kappa shape index (κ1) is 18.6. The van der Waals surface area contributed by atoms with Crippen LogP contribution < -0.4 is 23.2 Å². The Morgan fingerprint density at radius 3 is 2.09 bits per heavy atom. The Balaban J connectivity index is 0.000000422. The Bertz CT molecular complexity index is 623. The van der Waals surface area contributed by atoms with Crippen molar-refractivity contribution in [1.29, 1.82) is 0 Å². The van der Waals surface area contributed by atoms with Crippen LogP contribution in [0.15, 0.2) is 36.4 Å². The van der Waals surface area contributed by atoms with Gasteiger partial charge < -0.3 is 0 Å². The summed E-state index contributed by atoms with van der Waals surface area (Å²) in [6.45, 7) is 1.79. The first-order valence-corrected chi connectivity index (χ1v) is 7.27. The predicted molar refractivity (Wildman–Crippen MR) is 59.6 cm³/mol. The summed E-state index contributed by atoms with van der Waals surface area (Å²) in [5.74, 6) is 0. The molecular weight excluding hydrogens is 327 g/mol. The fraction of sp³-hybridized carbons (Fsp3) is 0.308. The lowest BCUT2D eigenvalue weighted by molar-refractivity contribution is -2.00. The molecule has 0 spiro atoms. The molecule has 0 radical (unpaired) electrons. The Morgan fingerprint density at radius 1 is 1.00 bits per heavy atom. The van der Waals surface area contributed by atoms with Crippen LogP contribution in [0.25, 0.3) is 10.9 Å². The molecule has 0 atom stereocenters. The fourth-order valence-electron chi connectivity index (χ4n) is 1.90. The van der Waals surface area contributed by atoms with E-state index in [0.29, 0.717) is 0 Å². The van der Waals surface area contributed by atoms with Gasteiger partial charge in [0, 0.05) is 24.4 Å². The van der Waals surface area contributed by atoms with E-state index < -0.39 is 22.8 Å². The number of hydrogen-bond acceptors (Lipinski definition) is 4. The van der Waals surface area contributed by atoms with Crippen molar-refractivity contribution in [3.05, 3.63) is 42.1 Å². The van der Waals surface area contributed by atoms with Crippen molar-refractivity contribution in [3.8, 4) is 0 Å². The predicted octanol–water partition coefficient (Wildman–Crippen LogP) is -1.37. The van der Waals surface area contributed by atoms with Gasteiger partial charge in [-0.15, -0.1) is 10.2 Å². The van der Waals surface area contributed by atoms with Crippen molar-refractivity contribution in [3.63, 3.8) is 0 Å². The quantitative estimate of drug-likeness (QED) is 0.631. The number of benzene rings is 1. The minimum atomic E-state index is -4.94. The Hall–Kier alpha value is -1.45. The maximum Gasteiger partial charge on any atom is 0.395 e. The molecule has 0 N–H and O–H groups in total. The van der Waals surface area contributed by atoms with Gasteiger partial charge in [0.05, 0.1) is 0 Å². The zero-order valence-electron chi connectivity index (χ0n) is 11.5. The molecule has 5 nitrogen and oxygen atoms in total. The normalized spacial score (nSPS) is 12.0. The number of pyridine rings is 1. The molecule has 1 aromatic heterocycles. The molecule has 0 amide bonds. The minimum absolute atomic E-state index is 0.0311. The maximum atomic E-state index is 12.3. The summed E-state index contributed by atoms with van der Waals surface area (Å²) in [7, 11) is -4.94. The summed E-state index contributed by atoms with van der Waals surface area (Å²) < 4.78 is 72.5. The molecule has 0 aliphatic heterocycles. The highest BCUT2D eigenvalue weighted by Crippen LogP contribution is 2.20. The van der Waals surface area contributed by atoms with E-state index >= 15 is 0 Å². The lowest BCUT2D eigenvalue weighted by atomic mass is 10.2. The van der Waals surface area contributed by atoms with Crippen molar-refractivity contribution in [2.75, 3.05) is 0 Å². The van der Waals surface area contributed by atoms with Gasteiger partial charge in [0.2, 0.25) is 5.52 Å². The number of aromatic nitrogens is 1. The van der Waals surface area contributed by atoms with E-state index in [1.807, 2.05) is 43.3 Å². The van der Waals surface area contributed by atoms with E-state index in [2.05, 4.69) is 0 Å². The third kappa shape index (κ3) is 7.01. The molecular formula is C13H13ClF3NO4. The largest absolute Gasteiger partial charge is 0.395 e. The Kier molecular flexibility index (Phi) is 6.09. The highest BCUT2D eigenvalue weighted by molar-refractivity contribution is 5.75. The molecule has 0 unspecified atom stereocenters. The molecule has 122 valence electrons. The van der Waals surface area contributed by atoms with Gasteiger partial charge in [-0.05, 0) is 12.1 Å². The number of halogens is 4. The Labute approximate surface area is 126 Å². The fourth-order valence-corrected chi connectivity index (χ4v) is 1.90. The highest BCUT2D eigenvalue weighted by Gasteiger charge is 2.29. The third-order valence-corrected chi connectivity index (χ3v) is 2.78. The topological polar surface area (TPSA) is 96.1 Å². The molecule has 22 heavy (non-hydrogen) atoms. The molecule has 1 heterocycles. The molecule has 0 bridgehead atoms. The van der Waals surface area contributed by atoms with E-state index in [-0.39, 0.29) is 6.54 Å². The summed E-state index contributed by atoms with van der Waals surface area (Å²) in [5.41, 5.74) is 1.68. The van der Waals surface area contributed by atoms with Crippen LogP contribution in [0.2, 0.25) is 0 Å². The summed E-state index contributed by atoms with van der Waals surface area (Å²) in [5, 5.41) is 0.959. The third-order valence-electron chi connectivity index (χ3n) is 2.78. The van der Waals surface area contributed by atoms with Crippen LogP contribution >= 0.6 is 0 Å². The van der Waals surface area contributed by atoms with Crippen LogP contribution in [0.3, 0.4) is 0 Å². The van der Waals surface area contributed by atoms with Gasteiger partial charge in [-0.1, -0.05) is 12.1 Å². The number of para-hydroxylation sites is 1. The van der Waals surface area contributed by atoms with Crippen molar-refractivity contribution < 1.29 is 46.6 Å². The second-order valence-electron chi connectivity index (χ2n) is 4.43. The van der Waals surface area contributed by atoms with Gasteiger partial charge in [-0.25, -0.2) is 18.6 Å². The molecule has 2 rings (SSSR count). The summed E-state index contributed by atoms with van der Waals surface area (Å²) in [6.07, 6.45) is -4.91. The van der Waals surface area contributed by atoms with Crippen LogP contribution in [-0.2, 0) is 6.54 Å². The van der Waals surface area contributed by atoms with E-state index in [1.54, 1.807) is 4.57 Å². The number of aryl methyl sites for hydroxylation is 2. The molecule has 1 aromatic carbocycles. The van der Waals surface area contributed by atoms with E-state index in [9.17, 15) is 13.2 Å². The number of hydrogen-bond donors (Lipinski definition) is 0. The lowest BCUT2D eigenvalue weighted by Gasteiger charge is -2.17. The lowest BCUT2D eigenvalue weighted by Crippen LogP contribution is -2.68. The molecule has 0 aliphatic rings. The Morgan fingerprint density at radius 2 is 1.55 bits per heavy atom. The van der Waals surface area contributed by atoms with Gasteiger partial charge in [0.1, 0.15) is 6.42 Å². The van der Waals surface area contributed by atoms with Gasteiger partial charge >= 0.3 is 6.18 Å². The second kappa shape index (κ2) is 7.21. The molecule has 9 heteroatoms. The molecule has 0 saturated carbocycles. The minimum Gasteiger partial charge on any atom is -0.222 e. The zero-order valence-corrected chi connectivity index (χ0v) is 12.2. The number of rotatable bonds is 2. The van der Waals surface area contributed by atoms with Gasteiger partial charge in [-0.3, -0.25) is 0 Å². The van der Waals surface area contributed by atoms with Crippen molar-refractivity contribution in [2.24, 2.45) is 0 Å². The SMILES string of the molecule is Cc1ccc2ccccc2[n+]1CCC(F)(F)F.[O-][Cl+3]([O-])([O-])[O-]. The smallest absolute Gasteiger partial charge is 0.222 e. The van der Waals surface area contributed by atoms with Crippen molar-refractivity contribution >= 4 is 10.9 Å². The van der Waals surface area contributed by atoms with Gasteiger partial charge in [0.25, 0.3) is 0 Å². The number of fused-ring (bicyclic) bond motifs is 1. The van der Waals surface area contributed by atoms with Gasteiger partial charge in [0.15, 0.2) is 12.2 Å². The monoisotopic (exact) mass is 339 g/mol. The van der Waals surface area contributed by atoms with E-state index in [4.69, 9.17) is 18.6 Å². The number of alkyl halides is 3. The average Bonchev–Trinajstić information content (AvgIpc) is 2.34. The first-order chi connectivity index (χ1) is 9.97. The summed E-state index contributed by atoms with van der Waals surface area (Å²) >= 11 is 0. The first-order valence-electron chi connectivity index (χ1n) is 6.04. The van der Waals surface area contributed by atoms with Crippen LogP contribution in [0.4, 0.5) is 13.2 Å². The highest BCUT2D eigenvalue weighted by atomic mass is 35.7.